The van der Waals surface area contributed by atoms with Gasteiger partial charge in [-0.25, -0.2) is 4.39 Å². The van der Waals surface area contributed by atoms with Crippen LogP contribution in [0.5, 0.6) is 11.5 Å². The number of methoxy groups -OCH3 is 1. The summed E-state index contributed by atoms with van der Waals surface area (Å²) in [5, 5.41) is 2.53. The van der Waals surface area contributed by atoms with Crippen LogP contribution in [0.1, 0.15) is 12.5 Å². The Kier molecular flexibility index (Phi) is 7.16. The molecule has 144 valence electrons. The van der Waals surface area contributed by atoms with Gasteiger partial charge in [0, 0.05) is 13.6 Å². The van der Waals surface area contributed by atoms with Crippen molar-refractivity contribution in [1.29, 1.82) is 0 Å². The van der Waals surface area contributed by atoms with Gasteiger partial charge in [-0.2, -0.15) is 0 Å². The fourth-order valence-electron chi connectivity index (χ4n) is 2.50. The van der Waals surface area contributed by atoms with Crippen LogP contribution < -0.4 is 14.8 Å². The van der Waals surface area contributed by atoms with Crippen LogP contribution in [-0.2, 0) is 16.1 Å². The maximum absolute atomic E-state index is 13.7. The molecule has 0 aliphatic carbocycles. The first-order chi connectivity index (χ1) is 13.0. The van der Waals surface area contributed by atoms with Gasteiger partial charge in [-0.3, -0.25) is 9.59 Å². The first kappa shape index (κ1) is 20.2. The molecule has 0 heterocycles. The Morgan fingerprint density at radius 1 is 1.15 bits per heavy atom. The minimum atomic E-state index is -0.714. The third-order valence-electron chi connectivity index (χ3n) is 4.11. The van der Waals surface area contributed by atoms with Crippen LogP contribution in [0, 0.1) is 5.82 Å². The number of benzene rings is 2. The van der Waals surface area contributed by atoms with Crippen LogP contribution in [0.2, 0.25) is 0 Å². The van der Waals surface area contributed by atoms with Gasteiger partial charge in [0.05, 0.1) is 7.11 Å². The van der Waals surface area contributed by atoms with Crippen LogP contribution in [-0.4, -0.2) is 43.5 Å². The van der Waals surface area contributed by atoms with E-state index in [0.717, 1.165) is 5.56 Å². The maximum atomic E-state index is 13.7. The first-order valence-electron chi connectivity index (χ1n) is 8.47. The molecular formula is C20H23FN2O4. The molecule has 0 unspecified atom stereocenters. The second-order valence-corrected chi connectivity index (χ2v) is 5.88. The molecule has 1 atom stereocenters. The largest absolute Gasteiger partial charge is 0.497 e. The Morgan fingerprint density at radius 3 is 2.41 bits per heavy atom. The number of hydrogen-bond acceptors (Lipinski definition) is 4. The topological polar surface area (TPSA) is 67.9 Å². The summed E-state index contributed by atoms with van der Waals surface area (Å²) in [6.45, 7) is 1.46. The lowest BCUT2D eigenvalue weighted by molar-refractivity contribution is -0.142. The van der Waals surface area contributed by atoms with E-state index in [1.54, 1.807) is 32.2 Å². The Morgan fingerprint density at radius 2 is 1.81 bits per heavy atom. The van der Waals surface area contributed by atoms with Gasteiger partial charge in [-0.1, -0.05) is 24.3 Å². The van der Waals surface area contributed by atoms with E-state index in [2.05, 4.69) is 5.32 Å². The van der Waals surface area contributed by atoms with Gasteiger partial charge in [0.2, 0.25) is 5.91 Å². The van der Waals surface area contributed by atoms with Crippen molar-refractivity contribution in [3.8, 4) is 11.5 Å². The standard InChI is InChI=1S/C20H23FN2O4/c1-14(20(25)22-2)23(12-15-8-10-16(26-3)11-9-15)19(24)13-27-18-7-5-4-6-17(18)21/h4-11,14H,12-13H2,1-3H3,(H,22,25)/t14-/m1/s1. The number of rotatable bonds is 8. The predicted molar refractivity (Wildman–Crippen MR) is 99.0 cm³/mol. The zero-order valence-electron chi connectivity index (χ0n) is 15.6. The quantitative estimate of drug-likeness (QED) is 0.770. The molecule has 2 aromatic carbocycles. The molecule has 0 aliphatic heterocycles. The van der Waals surface area contributed by atoms with Crippen LogP contribution in [0.4, 0.5) is 4.39 Å². The summed E-state index contributed by atoms with van der Waals surface area (Å²) >= 11 is 0. The Bertz CT molecular complexity index is 780. The zero-order valence-corrected chi connectivity index (χ0v) is 15.6. The van der Waals surface area contributed by atoms with Crippen molar-refractivity contribution in [3.05, 3.63) is 59.9 Å². The summed E-state index contributed by atoms with van der Waals surface area (Å²) in [5.41, 5.74) is 0.825. The molecule has 0 saturated heterocycles. The normalized spacial score (nSPS) is 11.4. The molecule has 6 nitrogen and oxygen atoms in total. The minimum absolute atomic E-state index is 0.0113. The van der Waals surface area contributed by atoms with Gasteiger partial charge < -0.3 is 19.7 Å². The van der Waals surface area contributed by atoms with E-state index in [1.807, 2.05) is 12.1 Å². The van der Waals surface area contributed by atoms with Gasteiger partial charge in [0.15, 0.2) is 18.2 Å². The van der Waals surface area contributed by atoms with E-state index < -0.39 is 17.8 Å². The molecule has 0 spiro atoms. The fraction of sp³-hybridized carbons (Fsp3) is 0.300. The number of amides is 2. The summed E-state index contributed by atoms with van der Waals surface area (Å²) < 4.78 is 24.1. The number of halogens is 1. The third-order valence-corrected chi connectivity index (χ3v) is 4.11. The number of nitrogens with one attached hydrogen (secondary N) is 1. The number of hydrogen-bond donors (Lipinski definition) is 1. The summed E-state index contributed by atoms with van der Waals surface area (Å²) in [6.07, 6.45) is 0. The number of nitrogens with zero attached hydrogens (tertiary/aromatic N) is 1. The molecule has 2 aromatic rings. The van der Waals surface area contributed by atoms with Crippen LogP contribution >= 0.6 is 0 Å². The van der Waals surface area contributed by atoms with Crippen molar-refractivity contribution in [2.45, 2.75) is 19.5 Å². The number of ether oxygens (including phenoxy) is 2. The SMILES string of the molecule is CNC(=O)[C@@H](C)N(Cc1ccc(OC)cc1)C(=O)COc1ccccc1F. The highest BCUT2D eigenvalue weighted by Crippen LogP contribution is 2.17. The number of likely N-dealkylation sites (N-methyl/N-ethyl adjacent to an activating group) is 1. The lowest BCUT2D eigenvalue weighted by Crippen LogP contribution is -2.48. The highest BCUT2D eigenvalue weighted by atomic mass is 19.1. The smallest absolute Gasteiger partial charge is 0.261 e. The summed E-state index contributed by atoms with van der Waals surface area (Å²) in [6, 6.07) is 12.3. The van der Waals surface area contributed by atoms with E-state index in [0.29, 0.717) is 5.75 Å². The third kappa shape index (κ3) is 5.44. The number of carbonyl (C=O) groups is 2. The van der Waals surface area contributed by atoms with E-state index in [1.165, 1.54) is 30.1 Å². The predicted octanol–water partition coefficient (Wildman–Crippen LogP) is 2.38. The van der Waals surface area contributed by atoms with Crippen molar-refractivity contribution >= 4 is 11.8 Å². The Labute approximate surface area is 157 Å². The van der Waals surface area contributed by atoms with Crippen LogP contribution in [0.25, 0.3) is 0 Å². The second kappa shape index (κ2) is 9.56. The summed E-state index contributed by atoms with van der Waals surface area (Å²) in [7, 11) is 3.07. The van der Waals surface area contributed by atoms with E-state index in [4.69, 9.17) is 9.47 Å². The van der Waals surface area contributed by atoms with E-state index >= 15 is 0 Å². The van der Waals surface area contributed by atoms with Crippen LogP contribution in [0.3, 0.4) is 0 Å². The molecule has 0 radical (unpaired) electrons. The highest BCUT2D eigenvalue weighted by Gasteiger charge is 2.26. The van der Waals surface area contributed by atoms with Crippen LogP contribution in [0.15, 0.2) is 48.5 Å². The molecular weight excluding hydrogens is 351 g/mol. The molecule has 0 aliphatic rings. The minimum Gasteiger partial charge on any atom is -0.497 e. The molecule has 27 heavy (non-hydrogen) atoms. The molecule has 2 rings (SSSR count). The van der Waals surface area contributed by atoms with Crippen molar-refractivity contribution in [3.63, 3.8) is 0 Å². The summed E-state index contributed by atoms with van der Waals surface area (Å²) in [4.78, 5) is 26.1. The molecule has 7 heteroatoms. The first-order valence-corrected chi connectivity index (χ1v) is 8.47. The van der Waals surface area contributed by atoms with Crippen molar-refractivity contribution in [1.82, 2.24) is 10.2 Å². The lowest BCUT2D eigenvalue weighted by atomic mass is 10.1. The number of para-hydroxylation sites is 1. The monoisotopic (exact) mass is 374 g/mol. The van der Waals surface area contributed by atoms with Crippen molar-refractivity contribution in [2.24, 2.45) is 0 Å². The second-order valence-electron chi connectivity index (χ2n) is 5.88. The van der Waals surface area contributed by atoms with Gasteiger partial charge >= 0.3 is 0 Å². The molecule has 2 amide bonds. The molecule has 0 fully saturated rings. The molecule has 0 aromatic heterocycles. The summed E-state index contributed by atoms with van der Waals surface area (Å²) in [5.74, 6) is -0.596. The average Bonchev–Trinajstić information content (AvgIpc) is 2.70. The molecule has 1 N–H and O–H groups in total. The van der Waals surface area contributed by atoms with Gasteiger partial charge in [-0.15, -0.1) is 0 Å². The Balaban J connectivity index is 2.13. The molecule has 0 saturated carbocycles. The molecule has 0 bridgehead atoms. The highest BCUT2D eigenvalue weighted by molar-refractivity contribution is 5.87. The Hall–Kier alpha value is -3.09. The fourth-order valence-corrected chi connectivity index (χ4v) is 2.50. The lowest BCUT2D eigenvalue weighted by Gasteiger charge is -2.28. The maximum Gasteiger partial charge on any atom is 0.261 e. The average molecular weight is 374 g/mol. The van der Waals surface area contributed by atoms with Crippen molar-refractivity contribution in [2.75, 3.05) is 20.8 Å². The van der Waals surface area contributed by atoms with Crippen molar-refractivity contribution < 1.29 is 23.5 Å². The van der Waals surface area contributed by atoms with Gasteiger partial charge in [0.25, 0.3) is 5.91 Å². The van der Waals surface area contributed by atoms with E-state index in [-0.39, 0.29) is 24.8 Å². The number of carbonyl (C=O) groups excluding carboxylic acids is 2. The van der Waals surface area contributed by atoms with E-state index in [9.17, 15) is 14.0 Å². The van der Waals surface area contributed by atoms with Gasteiger partial charge in [-0.05, 0) is 36.8 Å². The zero-order chi connectivity index (χ0) is 19.8. The van der Waals surface area contributed by atoms with Gasteiger partial charge in [0.1, 0.15) is 11.8 Å².